The number of thiol groups is 1. The Labute approximate surface area is 112 Å². The van der Waals surface area contributed by atoms with Crippen molar-refractivity contribution in [2.75, 3.05) is 5.75 Å². The van der Waals surface area contributed by atoms with Crippen LogP contribution in [0.15, 0.2) is 54.6 Å². The number of hydrogen-bond donors (Lipinski definition) is 0. The molecule has 0 atom stereocenters. The Morgan fingerprint density at radius 2 is 1.67 bits per heavy atom. The number of carbonyl (C=O) groups excluding carboxylic acids is 1. The molecule has 0 radical (unpaired) electrons. The Bertz CT molecular complexity index is 502. The maximum Gasteiger partial charge on any atom is 0.211 e. The lowest BCUT2D eigenvalue weighted by Gasteiger charge is -1.98. The molecule has 2 rings (SSSR count). The number of ketones is 1. The van der Waals surface area contributed by atoms with Crippen molar-refractivity contribution in [1.29, 1.82) is 0 Å². The molecule has 2 heteroatoms. The quantitative estimate of drug-likeness (QED) is 0.457. The number of rotatable bonds is 5. The van der Waals surface area contributed by atoms with Gasteiger partial charge in [0.25, 0.3) is 0 Å². The van der Waals surface area contributed by atoms with Gasteiger partial charge in [0.15, 0.2) is 5.75 Å². The largest absolute Gasteiger partial charge is 0.289 e. The zero-order valence-corrected chi connectivity index (χ0v) is 11.4. The molecule has 0 bridgehead atoms. The fourth-order valence-electron chi connectivity index (χ4n) is 1.70. The first-order valence-corrected chi connectivity index (χ1v) is 7.29. The predicted molar refractivity (Wildman–Crippen MR) is 79.3 cm³/mol. The number of Topliss-reactive ketones (excluding diaryl/α,β-unsaturated/α-hetero) is 1. The Hall–Kier alpha value is -1.54. The molecule has 0 aliphatic carbocycles. The van der Waals surface area contributed by atoms with E-state index in [-0.39, 0.29) is 5.78 Å². The lowest BCUT2D eigenvalue weighted by atomic mass is 10.1. The van der Waals surface area contributed by atoms with Gasteiger partial charge in [0.1, 0.15) is 5.75 Å². The minimum absolute atomic E-state index is 0.229. The van der Waals surface area contributed by atoms with Crippen molar-refractivity contribution in [2.45, 2.75) is 12.7 Å². The molecular weight excluding hydrogens is 240 g/mol. The standard InChI is InChI=1S/C16H16OS/c1-13-7-9-15(10-8-13)16(17)12-18-11-14-5-3-2-4-6-14/h2-10H,11-12H2,1H3/p+1. The molecule has 2 aromatic carbocycles. The van der Waals surface area contributed by atoms with Crippen LogP contribution in [0.2, 0.25) is 0 Å². The Morgan fingerprint density at radius 3 is 2.33 bits per heavy atom. The van der Waals surface area contributed by atoms with E-state index in [1.165, 1.54) is 11.1 Å². The molecule has 0 aliphatic rings. The van der Waals surface area contributed by atoms with Gasteiger partial charge in [-0.05, 0) is 18.7 Å². The molecule has 92 valence electrons. The van der Waals surface area contributed by atoms with Crippen molar-refractivity contribution in [2.24, 2.45) is 0 Å². The van der Waals surface area contributed by atoms with E-state index in [4.69, 9.17) is 0 Å². The summed E-state index contributed by atoms with van der Waals surface area (Å²) >= 11 is 1.16. The third-order valence-electron chi connectivity index (χ3n) is 2.77. The zero-order chi connectivity index (χ0) is 12.8. The fraction of sp³-hybridized carbons (Fsp3) is 0.188. The molecule has 0 saturated carbocycles. The van der Waals surface area contributed by atoms with Crippen LogP contribution in [-0.2, 0) is 17.5 Å². The molecule has 0 aromatic heterocycles. The second kappa shape index (κ2) is 6.41. The summed E-state index contributed by atoms with van der Waals surface area (Å²) in [5, 5.41) is 0. The van der Waals surface area contributed by atoms with Crippen LogP contribution in [0.4, 0.5) is 0 Å². The van der Waals surface area contributed by atoms with Gasteiger partial charge in [-0.15, -0.1) is 0 Å². The van der Waals surface area contributed by atoms with E-state index >= 15 is 0 Å². The van der Waals surface area contributed by atoms with E-state index < -0.39 is 0 Å². The SMILES string of the molecule is Cc1ccc(C(=O)C[SH+]Cc2ccccc2)cc1. The minimum Gasteiger partial charge on any atom is -0.289 e. The van der Waals surface area contributed by atoms with Crippen molar-refractivity contribution in [3.63, 3.8) is 0 Å². The maximum absolute atomic E-state index is 11.9. The van der Waals surface area contributed by atoms with Gasteiger partial charge < -0.3 is 0 Å². The van der Waals surface area contributed by atoms with Gasteiger partial charge in [0.05, 0.1) is 0 Å². The normalized spacial score (nSPS) is 10.3. The zero-order valence-electron chi connectivity index (χ0n) is 10.5. The highest BCUT2D eigenvalue weighted by molar-refractivity contribution is 7.78. The van der Waals surface area contributed by atoms with E-state index in [1.807, 2.05) is 49.4 Å². The first kappa shape index (κ1) is 12.9. The van der Waals surface area contributed by atoms with Crippen LogP contribution < -0.4 is 0 Å². The first-order valence-electron chi connectivity index (χ1n) is 6.03. The molecule has 1 nitrogen and oxygen atoms in total. The van der Waals surface area contributed by atoms with Crippen LogP contribution in [0.25, 0.3) is 0 Å². The average Bonchev–Trinajstić information content (AvgIpc) is 2.40. The van der Waals surface area contributed by atoms with E-state index in [9.17, 15) is 4.79 Å². The number of hydrogen-bond acceptors (Lipinski definition) is 1. The highest BCUT2D eigenvalue weighted by Crippen LogP contribution is 2.06. The lowest BCUT2D eigenvalue weighted by molar-refractivity contribution is 0.102. The summed E-state index contributed by atoms with van der Waals surface area (Å²) in [5.41, 5.74) is 3.30. The van der Waals surface area contributed by atoms with Gasteiger partial charge in [-0.2, -0.15) is 0 Å². The Balaban J connectivity index is 1.84. The average molecular weight is 257 g/mol. The van der Waals surface area contributed by atoms with E-state index in [0.29, 0.717) is 5.75 Å². The van der Waals surface area contributed by atoms with Crippen LogP contribution in [0, 0.1) is 6.92 Å². The van der Waals surface area contributed by atoms with E-state index in [1.54, 1.807) is 0 Å². The van der Waals surface area contributed by atoms with Crippen LogP contribution in [0.5, 0.6) is 0 Å². The summed E-state index contributed by atoms with van der Waals surface area (Å²) in [6.45, 7) is 2.03. The van der Waals surface area contributed by atoms with Gasteiger partial charge in [-0.1, -0.05) is 60.2 Å². The molecule has 0 N–H and O–H groups in total. The van der Waals surface area contributed by atoms with Crippen LogP contribution in [0.3, 0.4) is 0 Å². The van der Waals surface area contributed by atoms with Crippen molar-refractivity contribution < 1.29 is 4.79 Å². The summed E-state index contributed by atoms with van der Waals surface area (Å²) in [6.07, 6.45) is 0. The number of benzene rings is 2. The second-order valence-corrected chi connectivity index (χ2v) is 5.39. The molecule has 0 spiro atoms. The second-order valence-electron chi connectivity index (χ2n) is 4.31. The van der Waals surface area contributed by atoms with Crippen molar-refractivity contribution >= 4 is 17.5 Å². The van der Waals surface area contributed by atoms with Crippen molar-refractivity contribution in [3.05, 3.63) is 71.3 Å². The monoisotopic (exact) mass is 257 g/mol. The van der Waals surface area contributed by atoms with Gasteiger partial charge in [-0.3, -0.25) is 4.79 Å². The topological polar surface area (TPSA) is 17.1 Å². The summed E-state index contributed by atoms with van der Waals surface area (Å²) in [6, 6.07) is 18.1. The molecule has 2 aromatic rings. The van der Waals surface area contributed by atoms with Gasteiger partial charge >= 0.3 is 0 Å². The summed E-state index contributed by atoms with van der Waals surface area (Å²) in [7, 11) is 0. The van der Waals surface area contributed by atoms with Gasteiger partial charge in [0.2, 0.25) is 5.78 Å². The van der Waals surface area contributed by atoms with Gasteiger partial charge in [-0.25, -0.2) is 0 Å². The van der Waals surface area contributed by atoms with Crippen molar-refractivity contribution in [1.82, 2.24) is 0 Å². The molecule has 18 heavy (non-hydrogen) atoms. The van der Waals surface area contributed by atoms with Gasteiger partial charge in [0, 0.05) is 11.1 Å². The summed E-state index contributed by atoms with van der Waals surface area (Å²) < 4.78 is 0. The Morgan fingerprint density at radius 1 is 1.00 bits per heavy atom. The third kappa shape index (κ3) is 3.74. The van der Waals surface area contributed by atoms with E-state index in [2.05, 4.69) is 12.1 Å². The molecule has 0 amide bonds. The van der Waals surface area contributed by atoms with Crippen LogP contribution >= 0.6 is 0 Å². The summed E-state index contributed by atoms with van der Waals surface area (Å²) in [5.74, 6) is 1.77. The van der Waals surface area contributed by atoms with E-state index in [0.717, 1.165) is 23.1 Å². The third-order valence-corrected chi connectivity index (χ3v) is 3.87. The lowest BCUT2D eigenvalue weighted by Crippen LogP contribution is -2.08. The minimum atomic E-state index is 0.229. The number of aryl methyl sites for hydroxylation is 1. The molecule has 0 aliphatic heterocycles. The summed E-state index contributed by atoms with van der Waals surface area (Å²) in [4.78, 5) is 11.9. The number of carbonyl (C=O) groups is 1. The Kier molecular flexibility index (Phi) is 4.59. The molecule has 0 fully saturated rings. The van der Waals surface area contributed by atoms with Crippen LogP contribution in [0.1, 0.15) is 21.5 Å². The molecular formula is C16H17OS+. The molecule has 0 heterocycles. The highest BCUT2D eigenvalue weighted by atomic mass is 32.2. The predicted octanol–water partition coefficient (Wildman–Crippen LogP) is 3.19. The maximum atomic E-state index is 11.9. The molecule has 0 saturated heterocycles. The van der Waals surface area contributed by atoms with Crippen molar-refractivity contribution in [3.8, 4) is 0 Å². The van der Waals surface area contributed by atoms with Crippen LogP contribution in [-0.4, -0.2) is 11.5 Å². The highest BCUT2D eigenvalue weighted by Gasteiger charge is 2.10. The fourth-order valence-corrected chi connectivity index (χ4v) is 2.67. The smallest absolute Gasteiger partial charge is 0.211 e. The first-order chi connectivity index (χ1) is 8.75. The molecule has 0 unspecified atom stereocenters.